The molecule has 5 nitrogen and oxygen atoms in total. The molecule has 0 atom stereocenters. The van der Waals surface area contributed by atoms with Crippen LogP contribution in [0, 0.1) is 16.1 Å². The van der Waals surface area contributed by atoms with Gasteiger partial charge in [0.15, 0.2) is 0 Å². The van der Waals surface area contributed by atoms with Crippen molar-refractivity contribution in [3.8, 4) is 0 Å². The van der Waals surface area contributed by atoms with Crippen LogP contribution in [-0.4, -0.2) is 15.0 Å². The van der Waals surface area contributed by atoms with Gasteiger partial charge < -0.3 is 15.2 Å². The molecule has 0 aliphatic rings. The molecule has 15 heavy (non-hydrogen) atoms. The van der Waals surface area contributed by atoms with Gasteiger partial charge in [-0.1, -0.05) is 0 Å². The maximum atomic E-state index is 12.8. The van der Waals surface area contributed by atoms with E-state index in [1.165, 1.54) is 0 Å². The van der Waals surface area contributed by atoms with Gasteiger partial charge in [0.05, 0.1) is 12.2 Å². The molecule has 8 heteroatoms. The fourth-order valence-electron chi connectivity index (χ4n) is 0.959. The monoisotopic (exact) mass is 222 g/mol. The van der Waals surface area contributed by atoms with Crippen molar-refractivity contribution in [1.82, 2.24) is 4.98 Å². The third kappa shape index (κ3) is 2.21. The van der Waals surface area contributed by atoms with E-state index in [-0.39, 0.29) is 0 Å². The first-order valence-electron chi connectivity index (χ1n) is 3.70. The van der Waals surface area contributed by atoms with E-state index in [2.05, 4.69) is 4.98 Å². The molecule has 0 amide bonds. The van der Waals surface area contributed by atoms with Crippen LogP contribution < -0.4 is 0 Å². The number of nitrogens with zero attached hydrogens (tertiary/aromatic N) is 2. The highest BCUT2D eigenvalue weighted by molar-refractivity contribution is 5.36. The highest BCUT2D eigenvalue weighted by Crippen LogP contribution is 2.28. The van der Waals surface area contributed by atoms with Gasteiger partial charge in [0.2, 0.25) is 0 Å². The second kappa shape index (κ2) is 4.22. The predicted molar refractivity (Wildman–Crippen MR) is 41.7 cm³/mol. The highest BCUT2D eigenvalue weighted by Gasteiger charge is 2.27. The van der Waals surface area contributed by atoms with Crippen LogP contribution in [0.3, 0.4) is 0 Å². The van der Waals surface area contributed by atoms with Crippen LogP contribution in [0.2, 0.25) is 0 Å². The summed E-state index contributed by atoms with van der Waals surface area (Å²) in [6, 6.07) is 0.533. The van der Waals surface area contributed by atoms with Gasteiger partial charge >= 0.3 is 11.8 Å². The van der Waals surface area contributed by atoms with Crippen LogP contribution in [0.4, 0.5) is 19.0 Å². The summed E-state index contributed by atoms with van der Waals surface area (Å²) in [5.74, 6) is -2.56. The van der Waals surface area contributed by atoms with Crippen molar-refractivity contribution in [3.63, 3.8) is 0 Å². The van der Waals surface area contributed by atoms with Crippen LogP contribution in [0.15, 0.2) is 6.07 Å². The van der Waals surface area contributed by atoms with Crippen LogP contribution in [0.25, 0.3) is 0 Å². The van der Waals surface area contributed by atoms with Crippen LogP contribution in [-0.2, 0) is 6.61 Å². The molecule has 0 fully saturated rings. The number of pyridine rings is 1. The number of rotatable bonds is 3. The van der Waals surface area contributed by atoms with Gasteiger partial charge in [0, 0.05) is 0 Å². The first kappa shape index (κ1) is 11.4. The Labute approximate surface area is 81.3 Å². The summed E-state index contributed by atoms with van der Waals surface area (Å²) >= 11 is 0. The molecule has 82 valence electrons. The summed E-state index contributed by atoms with van der Waals surface area (Å²) in [5, 5.41) is 18.8. The molecule has 1 rings (SSSR count). The molecule has 0 aromatic carbocycles. The minimum absolute atomic E-state index is 0.504. The second-order valence-electron chi connectivity index (χ2n) is 2.57. The van der Waals surface area contributed by atoms with Crippen molar-refractivity contribution in [1.29, 1.82) is 0 Å². The van der Waals surface area contributed by atoms with Gasteiger partial charge in [-0.2, -0.15) is 4.39 Å². The number of aliphatic hydroxyl groups excluding tert-OH is 1. The molecule has 0 saturated heterocycles. The van der Waals surface area contributed by atoms with Crippen LogP contribution in [0.1, 0.15) is 17.6 Å². The summed E-state index contributed by atoms with van der Waals surface area (Å²) in [6.07, 6.45) is -3.15. The lowest BCUT2D eigenvalue weighted by Crippen LogP contribution is -2.04. The SMILES string of the molecule is O=[N+]([O-])c1nc(F)c(CO)cc1C(F)F. The molecular formula is C7H5F3N2O3. The zero-order valence-corrected chi connectivity index (χ0v) is 7.15. The van der Waals surface area contributed by atoms with Crippen molar-refractivity contribution in [3.05, 3.63) is 33.3 Å². The second-order valence-corrected chi connectivity index (χ2v) is 2.57. The van der Waals surface area contributed by atoms with E-state index in [9.17, 15) is 23.3 Å². The maximum absolute atomic E-state index is 12.8. The number of hydrogen-bond donors (Lipinski definition) is 1. The molecular weight excluding hydrogens is 217 g/mol. The quantitative estimate of drug-likeness (QED) is 0.478. The summed E-state index contributed by atoms with van der Waals surface area (Å²) in [5.41, 5.74) is -1.51. The third-order valence-corrected chi connectivity index (χ3v) is 1.64. The zero-order chi connectivity index (χ0) is 11.6. The van der Waals surface area contributed by atoms with E-state index in [0.717, 1.165) is 0 Å². The van der Waals surface area contributed by atoms with Gasteiger partial charge in [-0.3, -0.25) is 0 Å². The van der Waals surface area contributed by atoms with Gasteiger partial charge in [-0.05, 0) is 16.0 Å². The molecule has 0 spiro atoms. The van der Waals surface area contributed by atoms with E-state index in [4.69, 9.17) is 5.11 Å². The predicted octanol–water partition coefficient (Wildman–Crippen LogP) is 1.56. The Morgan fingerprint density at radius 2 is 2.20 bits per heavy atom. The van der Waals surface area contributed by atoms with Gasteiger partial charge in [-0.15, -0.1) is 0 Å². The average molecular weight is 222 g/mol. The number of hydrogen-bond acceptors (Lipinski definition) is 4. The van der Waals surface area contributed by atoms with E-state index in [1.807, 2.05) is 0 Å². The Bertz CT molecular complexity index is 397. The number of halogens is 3. The molecule has 1 N–H and O–H groups in total. The molecule has 0 aliphatic heterocycles. The average Bonchev–Trinajstić information content (AvgIpc) is 2.16. The number of aromatic nitrogens is 1. The molecule has 0 unspecified atom stereocenters. The van der Waals surface area contributed by atoms with Crippen LogP contribution in [0.5, 0.6) is 0 Å². The Balaban J connectivity index is 3.38. The largest absolute Gasteiger partial charge is 0.391 e. The molecule has 1 aromatic rings. The van der Waals surface area contributed by atoms with Crippen molar-refractivity contribution >= 4 is 5.82 Å². The minimum Gasteiger partial charge on any atom is -0.391 e. The summed E-state index contributed by atoms with van der Waals surface area (Å²) in [6.45, 7) is -0.851. The van der Waals surface area contributed by atoms with Gasteiger partial charge in [0.25, 0.3) is 6.43 Å². The molecule has 1 aromatic heterocycles. The Kier molecular flexibility index (Phi) is 3.20. The Morgan fingerprint density at radius 1 is 1.60 bits per heavy atom. The van der Waals surface area contributed by atoms with Crippen LogP contribution >= 0.6 is 0 Å². The van der Waals surface area contributed by atoms with Crippen molar-refractivity contribution in [2.45, 2.75) is 13.0 Å². The van der Waals surface area contributed by atoms with Gasteiger partial charge in [0.1, 0.15) is 5.56 Å². The summed E-state index contributed by atoms with van der Waals surface area (Å²) in [4.78, 5) is 11.8. The fourth-order valence-corrected chi connectivity index (χ4v) is 0.959. The van der Waals surface area contributed by atoms with Crippen molar-refractivity contribution < 1.29 is 23.2 Å². The van der Waals surface area contributed by atoms with Crippen molar-refractivity contribution in [2.24, 2.45) is 0 Å². The molecule has 0 radical (unpaired) electrons. The Hall–Kier alpha value is -1.70. The maximum Gasteiger partial charge on any atom is 0.375 e. The molecule has 1 heterocycles. The first-order chi connectivity index (χ1) is 6.97. The lowest BCUT2D eigenvalue weighted by molar-refractivity contribution is -0.391. The smallest absolute Gasteiger partial charge is 0.375 e. The van der Waals surface area contributed by atoms with Crippen molar-refractivity contribution in [2.75, 3.05) is 0 Å². The standard InChI is InChI=1S/C7H5F3N2O3/c8-5(9)4-1-3(2-13)6(10)11-7(4)12(14)15/h1,5,13H,2H2. The zero-order valence-electron chi connectivity index (χ0n) is 7.15. The third-order valence-electron chi connectivity index (χ3n) is 1.64. The number of alkyl halides is 2. The normalized spacial score (nSPS) is 10.7. The number of aliphatic hydroxyl groups is 1. The van der Waals surface area contributed by atoms with E-state index in [0.29, 0.717) is 6.07 Å². The highest BCUT2D eigenvalue weighted by atomic mass is 19.3. The summed E-state index contributed by atoms with van der Waals surface area (Å²) in [7, 11) is 0. The van der Waals surface area contributed by atoms with E-state index in [1.54, 1.807) is 0 Å². The lowest BCUT2D eigenvalue weighted by Gasteiger charge is -2.03. The molecule has 0 saturated carbocycles. The number of nitro groups is 1. The Morgan fingerprint density at radius 3 is 2.60 bits per heavy atom. The lowest BCUT2D eigenvalue weighted by atomic mass is 10.2. The summed E-state index contributed by atoms with van der Waals surface area (Å²) < 4.78 is 37.4. The minimum atomic E-state index is -3.15. The fraction of sp³-hybridized carbons (Fsp3) is 0.286. The molecule has 0 aliphatic carbocycles. The van der Waals surface area contributed by atoms with E-state index >= 15 is 0 Å². The molecule has 0 bridgehead atoms. The van der Waals surface area contributed by atoms with Gasteiger partial charge in [-0.25, -0.2) is 8.78 Å². The topological polar surface area (TPSA) is 76.3 Å². The van der Waals surface area contributed by atoms with E-state index < -0.39 is 40.8 Å². The first-order valence-corrected chi connectivity index (χ1v) is 3.70.